The van der Waals surface area contributed by atoms with E-state index in [2.05, 4.69) is 16.2 Å². The first-order chi connectivity index (χ1) is 8.26. The van der Waals surface area contributed by atoms with E-state index in [0.29, 0.717) is 0 Å². The van der Waals surface area contributed by atoms with Gasteiger partial charge in [0.15, 0.2) is 0 Å². The van der Waals surface area contributed by atoms with Gasteiger partial charge in [-0.05, 0) is 31.5 Å². The highest BCUT2D eigenvalue weighted by atomic mass is 16.5. The molecule has 0 saturated heterocycles. The zero-order chi connectivity index (χ0) is 12.5. The highest BCUT2D eigenvalue weighted by Gasteiger charge is 2.05. The number of aryl methyl sites for hydroxylation is 1. The Hall–Kier alpha value is -0.910. The van der Waals surface area contributed by atoms with E-state index >= 15 is 0 Å². The van der Waals surface area contributed by atoms with Crippen molar-refractivity contribution in [2.45, 2.75) is 12.8 Å². The lowest BCUT2D eigenvalue weighted by Crippen LogP contribution is -2.31. The first kappa shape index (κ1) is 14.2. The predicted octanol–water partition coefficient (Wildman–Crippen LogP) is 0.260. The van der Waals surface area contributed by atoms with Gasteiger partial charge in [0.25, 0.3) is 0 Å². The molecule has 1 aromatic heterocycles. The van der Waals surface area contributed by atoms with E-state index < -0.39 is 0 Å². The summed E-state index contributed by atoms with van der Waals surface area (Å²) >= 11 is 0. The molecule has 0 spiro atoms. The van der Waals surface area contributed by atoms with Crippen molar-refractivity contribution in [3.63, 3.8) is 0 Å². The van der Waals surface area contributed by atoms with Crippen molar-refractivity contribution in [2.24, 2.45) is 12.8 Å². The molecule has 0 aliphatic heterocycles. The summed E-state index contributed by atoms with van der Waals surface area (Å²) in [5.74, 6) is 0. The highest BCUT2D eigenvalue weighted by molar-refractivity contribution is 5.03. The number of ether oxygens (including phenoxy) is 1. The zero-order valence-corrected chi connectivity index (χ0v) is 10.9. The number of rotatable bonds is 9. The summed E-state index contributed by atoms with van der Waals surface area (Å²) in [7, 11) is 3.68. The fraction of sp³-hybridized carbons (Fsp3) is 0.750. The number of methoxy groups -OCH3 is 1. The van der Waals surface area contributed by atoms with E-state index in [4.69, 9.17) is 10.5 Å². The Morgan fingerprint density at radius 2 is 2.24 bits per heavy atom. The second kappa shape index (κ2) is 8.22. The van der Waals surface area contributed by atoms with Gasteiger partial charge in [-0.15, -0.1) is 0 Å². The van der Waals surface area contributed by atoms with Crippen LogP contribution in [0, 0.1) is 0 Å². The van der Waals surface area contributed by atoms with Crippen LogP contribution in [0.4, 0.5) is 0 Å². The van der Waals surface area contributed by atoms with E-state index in [1.165, 1.54) is 5.56 Å². The maximum absolute atomic E-state index is 5.54. The van der Waals surface area contributed by atoms with Gasteiger partial charge >= 0.3 is 0 Å². The summed E-state index contributed by atoms with van der Waals surface area (Å²) in [6.45, 7) is 4.57. The van der Waals surface area contributed by atoms with E-state index in [1.54, 1.807) is 7.11 Å². The SMILES string of the molecule is COCCN(CCCN)CCc1cnn(C)c1. The standard InChI is InChI=1S/C12H24N4O/c1-15-11-12(10-14-15)4-7-16(6-3-5-13)8-9-17-2/h10-11H,3-9,13H2,1-2H3. The molecule has 0 unspecified atom stereocenters. The highest BCUT2D eigenvalue weighted by Crippen LogP contribution is 2.00. The van der Waals surface area contributed by atoms with Crippen LogP contribution in [-0.2, 0) is 18.2 Å². The van der Waals surface area contributed by atoms with Gasteiger partial charge in [-0.2, -0.15) is 5.10 Å². The molecule has 1 rings (SSSR count). The minimum atomic E-state index is 0.746. The first-order valence-corrected chi connectivity index (χ1v) is 6.15. The van der Waals surface area contributed by atoms with Gasteiger partial charge in [0.2, 0.25) is 0 Å². The molecule has 17 heavy (non-hydrogen) atoms. The minimum absolute atomic E-state index is 0.746. The van der Waals surface area contributed by atoms with Gasteiger partial charge in [-0.3, -0.25) is 4.68 Å². The fourth-order valence-corrected chi connectivity index (χ4v) is 1.76. The molecule has 0 saturated carbocycles. The summed E-state index contributed by atoms with van der Waals surface area (Å²) in [5.41, 5.74) is 6.83. The number of hydrogen-bond acceptors (Lipinski definition) is 4. The summed E-state index contributed by atoms with van der Waals surface area (Å²) in [4.78, 5) is 2.39. The molecule has 0 bridgehead atoms. The Morgan fingerprint density at radius 1 is 1.41 bits per heavy atom. The van der Waals surface area contributed by atoms with Crippen LogP contribution in [0.2, 0.25) is 0 Å². The Bertz CT molecular complexity index is 292. The van der Waals surface area contributed by atoms with Crippen LogP contribution in [0.15, 0.2) is 12.4 Å². The lowest BCUT2D eigenvalue weighted by atomic mass is 10.2. The largest absolute Gasteiger partial charge is 0.383 e. The average molecular weight is 240 g/mol. The van der Waals surface area contributed by atoms with Gasteiger partial charge < -0.3 is 15.4 Å². The molecule has 0 fully saturated rings. The van der Waals surface area contributed by atoms with Gasteiger partial charge in [0, 0.05) is 33.4 Å². The lowest BCUT2D eigenvalue weighted by Gasteiger charge is -2.21. The predicted molar refractivity (Wildman–Crippen MR) is 68.9 cm³/mol. The molecule has 1 aromatic rings. The molecule has 0 radical (unpaired) electrons. The van der Waals surface area contributed by atoms with Crippen molar-refractivity contribution in [3.8, 4) is 0 Å². The summed E-state index contributed by atoms with van der Waals surface area (Å²) < 4.78 is 6.96. The van der Waals surface area contributed by atoms with E-state index in [0.717, 1.165) is 45.6 Å². The lowest BCUT2D eigenvalue weighted by molar-refractivity contribution is 0.148. The third-order valence-corrected chi connectivity index (χ3v) is 2.77. The van der Waals surface area contributed by atoms with Crippen LogP contribution in [0.1, 0.15) is 12.0 Å². The third kappa shape index (κ3) is 5.81. The summed E-state index contributed by atoms with van der Waals surface area (Å²) in [6, 6.07) is 0. The van der Waals surface area contributed by atoms with Gasteiger partial charge in [0.1, 0.15) is 0 Å². The molecule has 1 heterocycles. The number of aromatic nitrogens is 2. The smallest absolute Gasteiger partial charge is 0.0589 e. The topological polar surface area (TPSA) is 56.3 Å². The van der Waals surface area contributed by atoms with Crippen molar-refractivity contribution < 1.29 is 4.74 Å². The zero-order valence-electron chi connectivity index (χ0n) is 10.9. The molecule has 98 valence electrons. The van der Waals surface area contributed by atoms with Gasteiger partial charge in [-0.1, -0.05) is 0 Å². The van der Waals surface area contributed by atoms with Crippen LogP contribution >= 0.6 is 0 Å². The number of hydrogen-bond donors (Lipinski definition) is 1. The van der Waals surface area contributed by atoms with E-state index in [-0.39, 0.29) is 0 Å². The molecule has 0 aromatic carbocycles. The molecule has 0 aliphatic rings. The summed E-state index contributed by atoms with van der Waals surface area (Å²) in [6.07, 6.45) is 6.06. The van der Waals surface area contributed by atoms with Crippen LogP contribution in [0.5, 0.6) is 0 Å². The molecular formula is C12H24N4O. The monoisotopic (exact) mass is 240 g/mol. The van der Waals surface area contributed by atoms with Crippen molar-refractivity contribution in [1.29, 1.82) is 0 Å². The quantitative estimate of drug-likeness (QED) is 0.673. The average Bonchev–Trinajstić information content (AvgIpc) is 2.74. The Morgan fingerprint density at radius 3 is 2.82 bits per heavy atom. The molecule has 5 heteroatoms. The van der Waals surface area contributed by atoms with Crippen molar-refractivity contribution in [1.82, 2.24) is 14.7 Å². The number of nitrogens with two attached hydrogens (primary N) is 1. The normalized spacial score (nSPS) is 11.3. The molecular weight excluding hydrogens is 216 g/mol. The molecule has 0 atom stereocenters. The van der Waals surface area contributed by atoms with E-state index in [9.17, 15) is 0 Å². The molecule has 0 aliphatic carbocycles. The molecule has 0 amide bonds. The minimum Gasteiger partial charge on any atom is -0.383 e. The van der Waals surface area contributed by atoms with Crippen molar-refractivity contribution >= 4 is 0 Å². The van der Waals surface area contributed by atoms with Crippen LogP contribution < -0.4 is 5.73 Å². The van der Waals surface area contributed by atoms with Crippen LogP contribution in [0.25, 0.3) is 0 Å². The maximum atomic E-state index is 5.54. The first-order valence-electron chi connectivity index (χ1n) is 6.15. The van der Waals surface area contributed by atoms with Gasteiger partial charge in [0.05, 0.1) is 12.8 Å². The van der Waals surface area contributed by atoms with Crippen LogP contribution in [0.3, 0.4) is 0 Å². The molecule has 5 nitrogen and oxygen atoms in total. The van der Waals surface area contributed by atoms with Crippen molar-refractivity contribution in [2.75, 3.05) is 39.9 Å². The second-order valence-corrected chi connectivity index (χ2v) is 4.25. The van der Waals surface area contributed by atoms with Crippen LogP contribution in [-0.4, -0.2) is 54.6 Å². The Labute approximate surface area is 104 Å². The Balaban J connectivity index is 2.31. The molecule has 2 N–H and O–H groups in total. The van der Waals surface area contributed by atoms with Gasteiger partial charge in [-0.25, -0.2) is 0 Å². The third-order valence-electron chi connectivity index (χ3n) is 2.77. The second-order valence-electron chi connectivity index (χ2n) is 4.25. The summed E-state index contributed by atoms with van der Waals surface area (Å²) in [5, 5.41) is 4.17. The number of nitrogens with zero attached hydrogens (tertiary/aromatic N) is 3. The fourth-order valence-electron chi connectivity index (χ4n) is 1.76. The maximum Gasteiger partial charge on any atom is 0.0589 e. The van der Waals surface area contributed by atoms with E-state index in [1.807, 2.05) is 17.9 Å². The van der Waals surface area contributed by atoms with Crippen molar-refractivity contribution in [3.05, 3.63) is 18.0 Å². The Kier molecular flexibility index (Phi) is 6.84.